The number of aromatic amines is 2. The van der Waals surface area contributed by atoms with Gasteiger partial charge in [-0.3, -0.25) is 0 Å². The number of halogens is 2. The van der Waals surface area contributed by atoms with Crippen LogP contribution < -0.4 is 24.8 Å². The van der Waals surface area contributed by atoms with E-state index in [0.29, 0.717) is 7.25 Å². The van der Waals surface area contributed by atoms with Gasteiger partial charge in [0.05, 0.1) is 0 Å². The Morgan fingerprint density at radius 3 is 1.29 bits per heavy atom. The molecule has 0 radical (unpaired) electrons. The van der Waals surface area contributed by atoms with E-state index in [1.54, 1.807) is 22.3 Å². The Morgan fingerprint density at radius 1 is 0.462 bits per heavy atom. The van der Waals surface area contributed by atoms with Crippen LogP contribution in [-0.4, -0.2) is 15.9 Å². The van der Waals surface area contributed by atoms with Gasteiger partial charge in [0.15, 0.2) is 0 Å². The number of hydrogen-bond acceptors (Lipinski definition) is 0. The van der Waals surface area contributed by atoms with E-state index in [2.05, 4.69) is 170 Å². The smallest absolute Gasteiger partial charge is 1.00 e. The van der Waals surface area contributed by atoms with Crippen molar-refractivity contribution in [2.45, 2.75) is 34.2 Å². The predicted octanol–water partition coefficient (Wildman–Crippen LogP) is 6.52. The molecule has 2 heterocycles. The SMILES string of the molecule is CC1=Cc2c(-c3cccc4c3[nH]c3ccccc34)cccc2[CH]1[Zr+2]([CH]1C(C)=Cc2c(-c3cccc4c3[nH]c3ccccc34)cccc21)[SiH](C)C.[Cl-].[Cl-]. The molecule has 2 unspecified atom stereocenters. The van der Waals surface area contributed by atoms with Crippen LogP contribution in [0.25, 0.3) is 78.0 Å². The maximum absolute atomic E-state index is 3.79. The van der Waals surface area contributed by atoms with E-state index < -0.39 is 26.8 Å². The van der Waals surface area contributed by atoms with Crippen LogP contribution in [-0.2, 0) is 20.9 Å². The molecular formula is C46H39Cl2N2SiZr. The summed E-state index contributed by atoms with van der Waals surface area (Å²) in [6.45, 7) is 10.2. The Balaban J connectivity index is 0.00000193. The van der Waals surface area contributed by atoms with Gasteiger partial charge in [-0.05, 0) is 0 Å². The molecule has 255 valence electrons. The molecule has 0 fully saturated rings. The Morgan fingerprint density at radius 2 is 0.846 bits per heavy atom. The molecule has 8 aromatic rings. The van der Waals surface area contributed by atoms with Crippen molar-refractivity contribution in [3.05, 3.63) is 155 Å². The van der Waals surface area contributed by atoms with E-state index >= 15 is 0 Å². The number of aromatic nitrogens is 2. The third kappa shape index (κ3) is 5.21. The van der Waals surface area contributed by atoms with Crippen molar-refractivity contribution >= 4 is 61.7 Å². The van der Waals surface area contributed by atoms with Crippen molar-refractivity contribution in [1.82, 2.24) is 9.97 Å². The summed E-state index contributed by atoms with van der Waals surface area (Å²) in [5.74, 6) is -0.984. The molecule has 0 aliphatic heterocycles. The molecule has 0 saturated carbocycles. The van der Waals surface area contributed by atoms with Gasteiger partial charge in [-0.25, -0.2) is 0 Å². The number of nitrogens with one attached hydrogen (secondary N) is 2. The molecule has 0 spiro atoms. The van der Waals surface area contributed by atoms with Crippen LogP contribution in [0.2, 0.25) is 13.1 Å². The quantitative estimate of drug-likeness (QED) is 0.186. The van der Waals surface area contributed by atoms with Gasteiger partial charge in [0.25, 0.3) is 0 Å². The Labute approximate surface area is 326 Å². The molecule has 0 amide bonds. The first kappa shape index (κ1) is 35.1. The van der Waals surface area contributed by atoms with Crippen LogP contribution in [0.3, 0.4) is 0 Å². The van der Waals surface area contributed by atoms with Gasteiger partial charge in [-0.1, -0.05) is 0 Å². The van der Waals surface area contributed by atoms with Crippen molar-refractivity contribution in [3.8, 4) is 22.3 Å². The van der Waals surface area contributed by atoms with Crippen molar-refractivity contribution in [2.75, 3.05) is 0 Å². The maximum Gasteiger partial charge on any atom is -1.00 e. The van der Waals surface area contributed by atoms with Crippen LogP contribution in [0, 0.1) is 0 Å². The van der Waals surface area contributed by atoms with Crippen LogP contribution in [0.1, 0.15) is 43.4 Å². The molecule has 2 aromatic heterocycles. The molecule has 2 nitrogen and oxygen atoms in total. The van der Waals surface area contributed by atoms with E-state index in [-0.39, 0.29) is 24.8 Å². The number of rotatable bonds is 5. The van der Waals surface area contributed by atoms with E-state index in [0.717, 1.165) is 0 Å². The van der Waals surface area contributed by atoms with Gasteiger partial charge in [0.1, 0.15) is 0 Å². The topological polar surface area (TPSA) is 31.6 Å². The summed E-state index contributed by atoms with van der Waals surface area (Å²) in [6.07, 6.45) is 5.13. The number of allylic oxidation sites excluding steroid dienone is 2. The molecule has 52 heavy (non-hydrogen) atoms. The standard InChI is InChI=1S/2C22H16N.C2H7Si.2ClH.Zr/c2*1-14-12-15-6-4-8-16(20(15)13-14)18-9-5-10-19-17-7-2-3-11-21(17)23-22(18)19;1-3-2;;;/h2*2-13,23H,1H3;3H,1-2H3;2*1H;/q;;;;;+2/p-2. The van der Waals surface area contributed by atoms with Crippen molar-refractivity contribution in [2.24, 2.45) is 0 Å². The normalized spacial score (nSPS) is 16.2. The molecule has 2 atom stereocenters. The van der Waals surface area contributed by atoms with E-state index in [1.165, 1.54) is 77.0 Å². The summed E-state index contributed by atoms with van der Waals surface area (Å²) in [6, 6.07) is 45.4. The number of hydrogen-bond donors (Lipinski definition) is 2. The second-order valence-electron chi connectivity index (χ2n) is 14.7. The number of benzene rings is 6. The van der Waals surface area contributed by atoms with Crippen LogP contribution in [0.4, 0.5) is 0 Å². The van der Waals surface area contributed by atoms with E-state index in [4.69, 9.17) is 0 Å². The molecular weight excluding hydrogens is 771 g/mol. The average Bonchev–Trinajstić information content (AvgIpc) is 3.88. The second kappa shape index (κ2) is 13.5. The molecule has 6 heteroatoms. The predicted molar refractivity (Wildman–Crippen MR) is 214 cm³/mol. The first-order valence-corrected chi connectivity index (χ1v) is 27.9. The first-order chi connectivity index (χ1) is 24.5. The van der Waals surface area contributed by atoms with Crippen molar-refractivity contribution in [3.63, 3.8) is 0 Å². The van der Waals surface area contributed by atoms with Crippen LogP contribution in [0.15, 0.2) is 132 Å². The van der Waals surface area contributed by atoms with Crippen molar-refractivity contribution in [1.29, 1.82) is 0 Å². The third-order valence-corrected chi connectivity index (χ3v) is 33.7. The van der Waals surface area contributed by atoms with E-state index in [1.807, 2.05) is 0 Å². The summed E-state index contributed by atoms with van der Waals surface area (Å²) in [7, 11) is 0. The average molecular weight is 810 g/mol. The van der Waals surface area contributed by atoms with Crippen LogP contribution in [0.5, 0.6) is 0 Å². The molecule has 2 N–H and O–H groups in total. The summed E-state index contributed by atoms with van der Waals surface area (Å²) in [5, 5.41) is 5.20. The maximum atomic E-state index is 3.79. The monoisotopic (exact) mass is 807 g/mol. The summed E-state index contributed by atoms with van der Waals surface area (Å²) < 4.78 is 1.20. The number of H-pyrrole nitrogens is 2. The zero-order chi connectivity index (χ0) is 33.7. The van der Waals surface area contributed by atoms with Crippen molar-refractivity contribution < 1.29 is 45.7 Å². The Bertz CT molecular complexity index is 2570. The van der Waals surface area contributed by atoms with Gasteiger partial charge in [-0.15, -0.1) is 0 Å². The van der Waals surface area contributed by atoms with Gasteiger partial charge in [0, 0.05) is 0 Å². The fourth-order valence-corrected chi connectivity index (χ4v) is 32.7. The minimum absolute atomic E-state index is 0. The third-order valence-electron chi connectivity index (χ3n) is 11.6. The molecule has 2 aliphatic rings. The minimum Gasteiger partial charge on any atom is -1.00 e. The minimum atomic E-state index is -2.20. The Kier molecular flexibility index (Phi) is 9.11. The number of para-hydroxylation sites is 4. The zero-order valence-electron chi connectivity index (χ0n) is 29.7. The fraction of sp³-hybridized carbons (Fsp3) is 0.130. The number of fused-ring (bicyclic) bond motifs is 8. The van der Waals surface area contributed by atoms with Crippen LogP contribution >= 0.6 is 0 Å². The summed E-state index contributed by atoms with van der Waals surface area (Å²) >= 11 is -2.20. The molecule has 0 bridgehead atoms. The molecule has 6 aromatic carbocycles. The Hall–Kier alpha value is -3.92. The zero-order valence-corrected chi connectivity index (χ0v) is 34.8. The first-order valence-electron chi connectivity index (χ1n) is 18.0. The van der Waals surface area contributed by atoms with Gasteiger partial charge < -0.3 is 24.8 Å². The largest absolute Gasteiger partial charge is 1.00 e. The van der Waals surface area contributed by atoms with Gasteiger partial charge in [-0.2, -0.15) is 0 Å². The van der Waals surface area contributed by atoms with E-state index in [9.17, 15) is 0 Å². The van der Waals surface area contributed by atoms with Gasteiger partial charge >= 0.3 is 304 Å². The summed E-state index contributed by atoms with van der Waals surface area (Å²) in [4.78, 5) is 7.57. The van der Waals surface area contributed by atoms with Gasteiger partial charge in [0.2, 0.25) is 0 Å². The summed E-state index contributed by atoms with van der Waals surface area (Å²) in [5.41, 5.74) is 19.5. The fourth-order valence-electron chi connectivity index (χ4n) is 9.49. The molecule has 2 aliphatic carbocycles. The molecule has 10 rings (SSSR count). The second-order valence-corrected chi connectivity index (χ2v) is 34.8. The molecule has 0 saturated heterocycles.